The van der Waals surface area contributed by atoms with Gasteiger partial charge in [-0.3, -0.25) is 0 Å². The van der Waals surface area contributed by atoms with E-state index in [0.717, 1.165) is 29.2 Å². The van der Waals surface area contributed by atoms with Gasteiger partial charge in [0.2, 0.25) is 0 Å². The van der Waals surface area contributed by atoms with Gasteiger partial charge in [-0.05, 0) is 42.8 Å². The molecule has 4 nitrogen and oxygen atoms in total. The summed E-state index contributed by atoms with van der Waals surface area (Å²) >= 11 is 7.59. The highest BCUT2D eigenvalue weighted by atomic mass is 79.9. The lowest BCUT2D eigenvalue weighted by Gasteiger charge is -2.36. The minimum Gasteiger partial charge on any atom is -0.155 e. The molecule has 2 aliphatic carbocycles. The molecule has 0 heterocycles. The van der Waals surface area contributed by atoms with Crippen LogP contribution in [0.15, 0.2) is 105 Å². The first-order valence-electron chi connectivity index (χ1n) is 8.86. The molecule has 0 N–H and O–H groups in total. The molecular weight excluding hydrogens is 468 g/mol. The highest BCUT2D eigenvalue weighted by Crippen LogP contribution is 2.46. The SMILES string of the molecule is Br[C@H]1C=C(N=Nc2ccccc2)[C@@H]2C[C@H]1C(N=Nc1ccccc1)=C[C@@H]2Br. The molecule has 2 aromatic rings. The zero-order valence-electron chi connectivity index (χ0n) is 14.5. The molecule has 0 saturated carbocycles. The normalized spacial score (nSPS) is 27.6. The number of benzene rings is 2. The molecule has 136 valence electrons. The third-order valence-electron chi connectivity index (χ3n) is 4.77. The zero-order valence-corrected chi connectivity index (χ0v) is 17.7. The third-order valence-corrected chi connectivity index (χ3v) is 6.58. The Morgan fingerprint density at radius 1 is 0.593 bits per heavy atom. The lowest BCUT2D eigenvalue weighted by atomic mass is 9.76. The van der Waals surface area contributed by atoms with E-state index in [1.807, 2.05) is 60.7 Å². The van der Waals surface area contributed by atoms with Crippen molar-refractivity contribution in [1.29, 1.82) is 0 Å². The molecular formula is C21H18Br2N4. The quantitative estimate of drug-likeness (QED) is 0.318. The number of hydrogen-bond acceptors (Lipinski definition) is 4. The van der Waals surface area contributed by atoms with E-state index >= 15 is 0 Å². The first-order valence-corrected chi connectivity index (χ1v) is 10.7. The number of fused-ring (bicyclic) bond motifs is 2. The van der Waals surface area contributed by atoms with E-state index in [1.54, 1.807) is 0 Å². The molecule has 0 fully saturated rings. The Kier molecular flexibility index (Phi) is 5.74. The Morgan fingerprint density at radius 2 is 1.00 bits per heavy atom. The highest BCUT2D eigenvalue weighted by Gasteiger charge is 2.39. The van der Waals surface area contributed by atoms with Gasteiger partial charge in [0, 0.05) is 21.5 Å². The Balaban J connectivity index is 1.54. The molecule has 2 bridgehead atoms. The van der Waals surface area contributed by atoms with Crippen LogP contribution in [0.2, 0.25) is 0 Å². The van der Waals surface area contributed by atoms with Gasteiger partial charge in [-0.1, -0.05) is 68.3 Å². The van der Waals surface area contributed by atoms with Crippen molar-refractivity contribution < 1.29 is 0 Å². The fourth-order valence-corrected chi connectivity index (χ4v) is 4.86. The van der Waals surface area contributed by atoms with Gasteiger partial charge < -0.3 is 0 Å². The number of rotatable bonds is 4. The molecule has 0 saturated heterocycles. The van der Waals surface area contributed by atoms with Gasteiger partial charge in [0.1, 0.15) is 0 Å². The summed E-state index contributed by atoms with van der Waals surface area (Å²) in [6.45, 7) is 0. The van der Waals surface area contributed by atoms with E-state index in [4.69, 9.17) is 0 Å². The van der Waals surface area contributed by atoms with Crippen molar-refractivity contribution in [3.8, 4) is 0 Å². The van der Waals surface area contributed by atoms with Gasteiger partial charge in [0.05, 0.1) is 22.8 Å². The van der Waals surface area contributed by atoms with Crippen LogP contribution < -0.4 is 0 Å². The second-order valence-corrected chi connectivity index (χ2v) is 8.71. The van der Waals surface area contributed by atoms with Gasteiger partial charge in [0.25, 0.3) is 0 Å². The Bertz CT molecular complexity index is 831. The van der Waals surface area contributed by atoms with Crippen LogP contribution in [0.5, 0.6) is 0 Å². The maximum absolute atomic E-state index is 4.54. The summed E-state index contributed by atoms with van der Waals surface area (Å²) in [5.74, 6) is 0.568. The highest BCUT2D eigenvalue weighted by molar-refractivity contribution is 9.10. The van der Waals surface area contributed by atoms with Gasteiger partial charge in [-0.15, -0.1) is 0 Å². The van der Waals surface area contributed by atoms with Crippen LogP contribution in [0.25, 0.3) is 0 Å². The molecule has 0 aromatic heterocycles. The fraction of sp³-hybridized carbons (Fsp3) is 0.238. The van der Waals surface area contributed by atoms with Gasteiger partial charge in [-0.25, -0.2) is 0 Å². The number of alkyl halides is 2. The Morgan fingerprint density at radius 3 is 1.41 bits per heavy atom. The number of azo groups is 2. The van der Waals surface area contributed by atoms with Gasteiger partial charge in [0.15, 0.2) is 0 Å². The fourth-order valence-electron chi connectivity index (χ4n) is 3.34. The molecule has 4 rings (SSSR count). The minimum absolute atomic E-state index is 0.166. The molecule has 27 heavy (non-hydrogen) atoms. The smallest absolute Gasteiger partial charge is 0.0856 e. The van der Waals surface area contributed by atoms with Crippen LogP contribution in [0.1, 0.15) is 6.42 Å². The number of hydrogen-bond donors (Lipinski definition) is 0. The summed E-state index contributed by atoms with van der Waals surface area (Å²) in [6, 6.07) is 19.6. The van der Waals surface area contributed by atoms with E-state index in [1.165, 1.54) is 0 Å². The monoisotopic (exact) mass is 484 g/mol. The molecule has 0 aliphatic heterocycles. The number of allylic oxidation sites excluding steroid dienone is 4. The number of nitrogens with zero attached hydrogens (tertiary/aromatic N) is 4. The molecule has 2 aromatic carbocycles. The molecule has 2 aliphatic rings. The minimum atomic E-state index is 0.166. The molecule has 4 atom stereocenters. The van der Waals surface area contributed by atoms with Crippen LogP contribution >= 0.6 is 31.9 Å². The van der Waals surface area contributed by atoms with Crippen LogP contribution in [0, 0.1) is 11.8 Å². The predicted molar refractivity (Wildman–Crippen MR) is 115 cm³/mol. The van der Waals surface area contributed by atoms with E-state index < -0.39 is 0 Å². The van der Waals surface area contributed by atoms with Crippen molar-refractivity contribution in [1.82, 2.24) is 0 Å². The summed E-state index contributed by atoms with van der Waals surface area (Å²) in [4.78, 5) is 0.332. The van der Waals surface area contributed by atoms with E-state index in [9.17, 15) is 0 Å². The second kappa shape index (κ2) is 8.40. The van der Waals surface area contributed by atoms with Crippen molar-refractivity contribution in [3.05, 3.63) is 84.2 Å². The van der Waals surface area contributed by atoms with Gasteiger partial charge >= 0.3 is 0 Å². The zero-order chi connectivity index (χ0) is 18.6. The molecule has 0 spiro atoms. The van der Waals surface area contributed by atoms with Crippen LogP contribution in [-0.2, 0) is 0 Å². The lowest BCUT2D eigenvalue weighted by molar-refractivity contribution is 0.410. The third kappa shape index (κ3) is 4.33. The molecule has 0 amide bonds. The van der Waals surface area contributed by atoms with E-state index in [-0.39, 0.29) is 21.5 Å². The predicted octanol–water partition coefficient (Wildman–Crippen LogP) is 7.50. The van der Waals surface area contributed by atoms with Gasteiger partial charge in [-0.2, -0.15) is 20.5 Å². The second-order valence-electron chi connectivity index (χ2n) is 6.59. The first kappa shape index (κ1) is 18.4. The maximum atomic E-state index is 4.54. The maximum Gasteiger partial charge on any atom is 0.0856 e. The first-order chi connectivity index (χ1) is 13.2. The lowest BCUT2D eigenvalue weighted by Crippen LogP contribution is -2.33. The van der Waals surface area contributed by atoms with Crippen LogP contribution in [0.4, 0.5) is 11.4 Å². The average Bonchev–Trinajstić information content (AvgIpc) is 2.71. The Hall–Kier alpha value is -1.92. The van der Waals surface area contributed by atoms with Crippen LogP contribution in [-0.4, -0.2) is 9.65 Å². The van der Waals surface area contributed by atoms with Crippen molar-refractivity contribution >= 4 is 43.2 Å². The summed E-state index contributed by atoms with van der Waals surface area (Å²) in [5.41, 5.74) is 3.74. The summed E-state index contributed by atoms with van der Waals surface area (Å²) in [5, 5.41) is 17.9. The summed E-state index contributed by atoms with van der Waals surface area (Å²) in [6.07, 6.45) is 5.28. The van der Waals surface area contributed by atoms with Crippen molar-refractivity contribution in [2.75, 3.05) is 0 Å². The largest absolute Gasteiger partial charge is 0.155 e. The standard InChI is InChI=1S/C21H18Br2N4/c22-18-12-20(26-24-14-7-3-1-4-8-14)16-11-17(18)21(13-19(16)23)27-25-15-9-5-2-6-10-15/h1-10,12-13,16-19H,11H2/t16-,17-,18+,19+/m1/s1. The summed E-state index contributed by atoms with van der Waals surface area (Å²) < 4.78 is 0. The average molecular weight is 486 g/mol. The van der Waals surface area contributed by atoms with Crippen LogP contribution in [0.3, 0.4) is 0 Å². The molecule has 0 radical (unpaired) electrons. The molecule has 0 unspecified atom stereocenters. The van der Waals surface area contributed by atoms with Crippen molar-refractivity contribution in [2.24, 2.45) is 32.3 Å². The molecule has 6 heteroatoms. The topological polar surface area (TPSA) is 49.4 Å². The summed E-state index contributed by atoms with van der Waals surface area (Å²) in [7, 11) is 0. The number of halogens is 2. The Labute approximate surface area is 175 Å². The van der Waals surface area contributed by atoms with Crippen molar-refractivity contribution in [3.63, 3.8) is 0 Å². The van der Waals surface area contributed by atoms with E-state index in [2.05, 4.69) is 64.5 Å². The van der Waals surface area contributed by atoms with Crippen molar-refractivity contribution in [2.45, 2.75) is 16.1 Å². The van der Waals surface area contributed by atoms with E-state index in [0.29, 0.717) is 0 Å².